The second kappa shape index (κ2) is 6.90. The maximum atomic E-state index is 12.2. The number of carbonyl (C=O) groups is 1. The highest BCUT2D eigenvalue weighted by molar-refractivity contribution is 5.94. The highest BCUT2D eigenvalue weighted by atomic mass is 16.1. The molecule has 0 aliphatic carbocycles. The largest absolute Gasteiger partial charge is 0.348 e. The molecule has 0 heterocycles. The van der Waals surface area contributed by atoms with Crippen molar-refractivity contribution in [2.45, 2.75) is 26.8 Å². The van der Waals surface area contributed by atoms with Crippen molar-refractivity contribution in [1.29, 1.82) is 0 Å². The number of nitrogens with one attached hydrogen (secondary N) is 2. The van der Waals surface area contributed by atoms with Crippen LogP contribution in [0.4, 0.5) is 5.69 Å². The summed E-state index contributed by atoms with van der Waals surface area (Å²) < 4.78 is 0. The quantitative estimate of drug-likeness (QED) is 0.584. The minimum Gasteiger partial charge on any atom is -0.348 e. The summed E-state index contributed by atoms with van der Waals surface area (Å²) in [5.74, 6) is 5.32. The van der Waals surface area contributed by atoms with Gasteiger partial charge in [0.25, 0.3) is 5.91 Å². The van der Waals surface area contributed by atoms with Crippen molar-refractivity contribution >= 4 is 11.6 Å². The van der Waals surface area contributed by atoms with Gasteiger partial charge < -0.3 is 10.7 Å². The van der Waals surface area contributed by atoms with E-state index in [0.717, 1.165) is 23.2 Å². The van der Waals surface area contributed by atoms with Crippen LogP contribution < -0.4 is 16.6 Å². The fraction of sp³-hybridized carbons (Fsp3) is 0.235. The standard InChI is InChI=1S/C17H21N3O/c1-3-13-6-4-5-7-15(13)11-19-17(21)14-8-9-16(20-18)12(2)10-14/h4-10,20H,3,11,18H2,1-2H3,(H,19,21). The van der Waals surface area contributed by atoms with Gasteiger partial charge in [0.15, 0.2) is 0 Å². The first-order valence-electron chi connectivity index (χ1n) is 7.08. The van der Waals surface area contributed by atoms with Crippen molar-refractivity contribution in [3.8, 4) is 0 Å². The third-order valence-corrected chi connectivity index (χ3v) is 3.58. The number of nitrogen functional groups attached to an aromatic ring is 1. The molecular weight excluding hydrogens is 262 g/mol. The SMILES string of the molecule is CCc1ccccc1CNC(=O)c1ccc(NN)c(C)c1. The van der Waals surface area contributed by atoms with Crippen LogP contribution in [0, 0.1) is 6.92 Å². The van der Waals surface area contributed by atoms with Gasteiger partial charge in [0, 0.05) is 12.1 Å². The zero-order valence-electron chi connectivity index (χ0n) is 12.4. The molecule has 2 rings (SSSR count). The summed E-state index contributed by atoms with van der Waals surface area (Å²) in [6.07, 6.45) is 0.960. The zero-order valence-corrected chi connectivity index (χ0v) is 12.4. The van der Waals surface area contributed by atoms with E-state index in [-0.39, 0.29) is 5.91 Å². The number of hydrazine groups is 1. The summed E-state index contributed by atoms with van der Waals surface area (Å²) in [6.45, 7) is 4.57. The molecule has 110 valence electrons. The van der Waals surface area contributed by atoms with E-state index >= 15 is 0 Å². The van der Waals surface area contributed by atoms with E-state index in [0.29, 0.717) is 12.1 Å². The van der Waals surface area contributed by atoms with E-state index < -0.39 is 0 Å². The summed E-state index contributed by atoms with van der Waals surface area (Å²) in [5, 5.41) is 2.96. The number of rotatable bonds is 5. The smallest absolute Gasteiger partial charge is 0.251 e. The van der Waals surface area contributed by atoms with E-state index in [9.17, 15) is 4.79 Å². The Morgan fingerprint density at radius 1 is 1.14 bits per heavy atom. The van der Waals surface area contributed by atoms with E-state index in [1.54, 1.807) is 6.07 Å². The molecule has 0 fully saturated rings. The van der Waals surface area contributed by atoms with Crippen LogP contribution >= 0.6 is 0 Å². The Hall–Kier alpha value is -2.33. The molecule has 2 aromatic rings. The van der Waals surface area contributed by atoms with E-state index in [4.69, 9.17) is 5.84 Å². The molecule has 21 heavy (non-hydrogen) atoms. The first kappa shape index (κ1) is 15.1. The molecule has 0 unspecified atom stereocenters. The van der Waals surface area contributed by atoms with Crippen molar-refractivity contribution in [1.82, 2.24) is 5.32 Å². The summed E-state index contributed by atoms with van der Waals surface area (Å²) in [7, 11) is 0. The number of carbonyl (C=O) groups excluding carboxylic acids is 1. The molecule has 2 aromatic carbocycles. The van der Waals surface area contributed by atoms with Crippen LogP contribution in [-0.2, 0) is 13.0 Å². The molecule has 0 spiro atoms. The van der Waals surface area contributed by atoms with Crippen LogP contribution in [0.2, 0.25) is 0 Å². The van der Waals surface area contributed by atoms with Gasteiger partial charge in [0.05, 0.1) is 5.69 Å². The molecule has 0 aliphatic heterocycles. The van der Waals surface area contributed by atoms with Crippen molar-refractivity contribution < 1.29 is 4.79 Å². The summed E-state index contributed by atoms with van der Waals surface area (Å²) in [4.78, 5) is 12.2. The number of hydrogen-bond acceptors (Lipinski definition) is 3. The van der Waals surface area contributed by atoms with E-state index in [1.807, 2.05) is 37.3 Å². The Morgan fingerprint density at radius 3 is 2.48 bits per heavy atom. The Labute approximate surface area is 125 Å². The number of amides is 1. The summed E-state index contributed by atoms with van der Waals surface area (Å²) >= 11 is 0. The minimum absolute atomic E-state index is 0.0763. The van der Waals surface area contributed by atoms with Crippen LogP contribution in [0.15, 0.2) is 42.5 Å². The van der Waals surface area contributed by atoms with Gasteiger partial charge in [0.2, 0.25) is 0 Å². The van der Waals surface area contributed by atoms with Gasteiger partial charge in [-0.2, -0.15) is 0 Å². The molecule has 0 atom stereocenters. The predicted octanol–water partition coefficient (Wildman–Crippen LogP) is 2.77. The maximum Gasteiger partial charge on any atom is 0.251 e. The average molecular weight is 283 g/mol. The molecule has 4 heteroatoms. The Balaban J connectivity index is 2.06. The number of nitrogens with two attached hydrogens (primary N) is 1. The Morgan fingerprint density at radius 2 is 1.86 bits per heavy atom. The van der Waals surface area contributed by atoms with Crippen molar-refractivity contribution in [2.24, 2.45) is 5.84 Å². The fourth-order valence-electron chi connectivity index (χ4n) is 2.32. The normalized spacial score (nSPS) is 10.2. The molecule has 0 bridgehead atoms. The van der Waals surface area contributed by atoms with E-state index in [2.05, 4.69) is 23.7 Å². The second-order valence-electron chi connectivity index (χ2n) is 4.98. The highest BCUT2D eigenvalue weighted by Crippen LogP contribution is 2.15. The van der Waals surface area contributed by atoms with Gasteiger partial charge in [0.1, 0.15) is 0 Å². The lowest BCUT2D eigenvalue weighted by molar-refractivity contribution is 0.0951. The van der Waals surface area contributed by atoms with E-state index in [1.165, 1.54) is 5.56 Å². The lowest BCUT2D eigenvalue weighted by Gasteiger charge is -2.11. The van der Waals surface area contributed by atoms with Gasteiger partial charge in [-0.25, -0.2) is 0 Å². The zero-order chi connectivity index (χ0) is 15.2. The molecule has 0 radical (unpaired) electrons. The van der Waals surface area contributed by atoms with Crippen LogP contribution in [0.3, 0.4) is 0 Å². The number of hydrogen-bond donors (Lipinski definition) is 3. The Kier molecular flexibility index (Phi) is 4.95. The first-order valence-corrected chi connectivity index (χ1v) is 7.08. The fourth-order valence-corrected chi connectivity index (χ4v) is 2.32. The van der Waals surface area contributed by atoms with Gasteiger partial charge in [-0.05, 0) is 48.2 Å². The summed E-state index contributed by atoms with van der Waals surface area (Å²) in [5.41, 5.74) is 7.43. The van der Waals surface area contributed by atoms with Gasteiger partial charge in [-0.1, -0.05) is 31.2 Å². The third kappa shape index (κ3) is 3.61. The summed E-state index contributed by atoms with van der Waals surface area (Å²) in [6, 6.07) is 13.6. The third-order valence-electron chi connectivity index (χ3n) is 3.58. The predicted molar refractivity (Wildman–Crippen MR) is 86.0 cm³/mol. The molecule has 0 saturated heterocycles. The molecule has 0 aromatic heterocycles. The minimum atomic E-state index is -0.0763. The van der Waals surface area contributed by atoms with Gasteiger partial charge >= 0.3 is 0 Å². The van der Waals surface area contributed by atoms with Crippen LogP contribution in [0.1, 0.15) is 34.0 Å². The molecule has 1 amide bonds. The van der Waals surface area contributed by atoms with Crippen LogP contribution in [-0.4, -0.2) is 5.91 Å². The molecular formula is C17H21N3O. The topological polar surface area (TPSA) is 67.2 Å². The van der Waals surface area contributed by atoms with Crippen LogP contribution in [0.25, 0.3) is 0 Å². The lowest BCUT2D eigenvalue weighted by atomic mass is 10.0. The van der Waals surface area contributed by atoms with Gasteiger partial charge in [-0.3, -0.25) is 10.6 Å². The average Bonchev–Trinajstić information content (AvgIpc) is 2.52. The molecule has 4 N–H and O–H groups in total. The van der Waals surface area contributed by atoms with Crippen molar-refractivity contribution in [3.05, 3.63) is 64.7 Å². The highest BCUT2D eigenvalue weighted by Gasteiger charge is 2.08. The molecule has 0 aliphatic rings. The van der Waals surface area contributed by atoms with Crippen molar-refractivity contribution in [2.75, 3.05) is 5.43 Å². The Bertz CT molecular complexity index is 638. The van der Waals surface area contributed by atoms with Crippen LogP contribution in [0.5, 0.6) is 0 Å². The number of benzene rings is 2. The molecule has 4 nitrogen and oxygen atoms in total. The maximum absolute atomic E-state index is 12.2. The number of aryl methyl sites for hydroxylation is 2. The number of anilines is 1. The van der Waals surface area contributed by atoms with Gasteiger partial charge in [-0.15, -0.1) is 0 Å². The lowest BCUT2D eigenvalue weighted by Crippen LogP contribution is -2.23. The molecule has 0 saturated carbocycles. The monoisotopic (exact) mass is 283 g/mol. The first-order chi connectivity index (χ1) is 10.2. The second-order valence-corrected chi connectivity index (χ2v) is 4.98. The van der Waals surface area contributed by atoms with Crippen molar-refractivity contribution in [3.63, 3.8) is 0 Å².